The van der Waals surface area contributed by atoms with Crippen LogP contribution in [0.1, 0.15) is 0 Å². The Morgan fingerprint density at radius 1 is 0.317 bits per heavy atom. The van der Waals surface area contributed by atoms with Crippen LogP contribution in [0.2, 0.25) is 0 Å². The topological polar surface area (TPSA) is 17.8 Å². The fraction of sp³-hybridized carbons (Fsp3) is 0. The molecule has 0 unspecified atom stereocenters. The highest BCUT2D eigenvalue weighted by Gasteiger charge is 2.26. The molecule has 8 aromatic carbocycles. The van der Waals surface area contributed by atoms with Crippen LogP contribution in [0.5, 0.6) is 0 Å². The minimum atomic E-state index is 0.0967. The van der Waals surface area contributed by atoms with Crippen LogP contribution in [0.4, 0.5) is 0 Å². The molecular formula is C45H17B13N2. The fourth-order valence-corrected chi connectivity index (χ4v) is 8.40. The third kappa shape index (κ3) is 5.86. The molecule has 0 bridgehead atoms. The molecule has 0 spiro atoms. The van der Waals surface area contributed by atoms with Crippen LogP contribution in [-0.2, 0) is 0 Å². The number of imidazole rings is 1. The summed E-state index contributed by atoms with van der Waals surface area (Å²) in [6.07, 6.45) is 0. The second-order valence-electron chi connectivity index (χ2n) is 14.7. The van der Waals surface area contributed by atoms with E-state index >= 15 is 0 Å². The van der Waals surface area contributed by atoms with Gasteiger partial charge in [-0.15, -0.1) is 38.2 Å². The van der Waals surface area contributed by atoms with E-state index < -0.39 is 0 Å². The summed E-state index contributed by atoms with van der Waals surface area (Å²) >= 11 is 0. The molecule has 1 aromatic heterocycles. The first-order chi connectivity index (χ1) is 28.7. The summed E-state index contributed by atoms with van der Waals surface area (Å²) in [6.45, 7) is 0. The number of hydrogen-bond donors (Lipinski definition) is 0. The molecule has 0 saturated carbocycles. The number of fused-ring (bicyclic) bond motifs is 3. The third-order valence-corrected chi connectivity index (χ3v) is 11.5. The highest BCUT2D eigenvalue weighted by Crippen LogP contribution is 2.44. The van der Waals surface area contributed by atoms with E-state index in [-0.39, 0.29) is 71.0 Å². The molecule has 0 saturated heterocycles. The Labute approximate surface area is 366 Å². The van der Waals surface area contributed by atoms with Gasteiger partial charge in [-0.1, -0.05) is 112 Å². The Morgan fingerprint density at radius 3 is 1.27 bits per heavy atom. The van der Waals surface area contributed by atoms with E-state index in [0.717, 1.165) is 22.2 Å². The Bertz CT molecular complexity index is 3180. The van der Waals surface area contributed by atoms with Crippen LogP contribution in [0, 0.1) is 0 Å². The van der Waals surface area contributed by atoms with Crippen LogP contribution >= 0.6 is 0 Å². The van der Waals surface area contributed by atoms with Crippen molar-refractivity contribution in [3.8, 4) is 50.5 Å². The summed E-state index contributed by atoms with van der Waals surface area (Å²) < 4.78 is 1.91. The Kier molecular flexibility index (Phi) is 9.97. The van der Waals surface area contributed by atoms with E-state index in [1.807, 2.05) is 108 Å². The lowest BCUT2D eigenvalue weighted by molar-refractivity contribution is 1.11. The zero-order valence-corrected chi connectivity index (χ0v) is 32.2. The molecule has 0 aliphatic carbocycles. The average Bonchev–Trinajstić information content (AvgIpc) is 3.65. The van der Waals surface area contributed by atoms with Crippen molar-refractivity contribution in [2.75, 3.05) is 0 Å². The third-order valence-electron chi connectivity index (χ3n) is 11.5. The molecule has 0 atom stereocenters. The van der Waals surface area contributed by atoms with Crippen molar-refractivity contribution in [2.45, 2.75) is 0 Å². The molecule has 9 rings (SSSR count). The van der Waals surface area contributed by atoms with E-state index in [0.29, 0.717) is 60.8 Å². The van der Waals surface area contributed by atoms with Gasteiger partial charge in [0.15, 0.2) is 0 Å². The molecule has 0 N–H and O–H groups in total. The normalized spacial score (nSPS) is 11.5. The van der Waals surface area contributed by atoms with Gasteiger partial charge in [0.1, 0.15) is 108 Å². The van der Waals surface area contributed by atoms with Crippen LogP contribution in [0.3, 0.4) is 0 Å². The first-order valence-corrected chi connectivity index (χ1v) is 18.8. The Hall–Kier alpha value is -5.41. The molecule has 0 fully saturated rings. The lowest BCUT2D eigenvalue weighted by Gasteiger charge is -2.29. The van der Waals surface area contributed by atoms with E-state index in [4.69, 9.17) is 107 Å². The van der Waals surface area contributed by atoms with Gasteiger partial charge in [0.25, 0.3) is 0 Å². The van der Waals surface area contributed by atoms with Gasteiger partial charge in [-0.2, -0.15) is 0 Å². The second kappa shape index (κ2) is 14.9. The van der Waals surface area contributed by atoms with Crippen molar-refractivity contribution >= 4 is 206 Å². The molecule has 1 heterocycles. The van der Waals surface area contributed by atoms with Gasteiger partial charge in [0, 0.05) is 11.3 Å². The van der Waals surface area contributed by atoms with E-state index in [1.54, 1.807) is 0 Å². The number of hydrogen-bond acceptors (Lipinski definition) is 1. The van der Waals surface area contributed by atoms with Crippen LogP contribution < -0.4 is 71.0 Å². The lowest BCUT2D eigenvalue weighted by Crippen LogP contribution is -2.55. The Balaban J connectivity index is 1.40. The monoisotopic (exact) mass is 728 g/mol. The number of benzene rings is 8. The molecule has 60 heavy (non-hydrogen) atoms. The van der Waals surface area contributed by atoms with Crippen molar-refractivity contribution < 1.29 is 0 Å². The van der Waals surface area contributed by atoms with Crippen LogP contribution in [0.25, 0.3) is 83.0 Å². The minimum Gasteiger partial charge on any atom is -0.292 e. The quantitative estimate of drug-likeness (QED) is 0.132. The van der Waals surface area contributed by atoms with Gasteiger partial charge in [0.2, 0.25) is 0 Å². The Morgan fingerprint density at radius 2 is 0.733 bits per heavy atom. The number of para-hydroxylation sites is 2. The molecule has 2 nitrogen and oxygen atoms in total. The summed E-state index contributed by atoms with van der Waals surface area (Å²) in [7, 11) is 86.7. The van der Waals surface area contributed by atoms with Crippen molar-refractivity contribution in [1.82, 2.24) is 9.55 Å². The second-order valence-corrected chi connectivity index (χ2v) is 14.7. The molecular weight excluding hydrogens is 709 g/mol. The van der Waals surface area contributed by atoms with Crippen molar-refractivity contribution in [3.63, 3.8) is 0 Å². The largest absolute Gasteiger partial charge is 0.292 e. The molecule has 15 heteroatoms. The fourth-order valence-electron chi connectivity index (χ4n) is 8.40. The summed E-state index contributed by atoms with van der Waals surface area (Å²) in [6, 6.07) is 33.0. The molecule has 0 amide bonds. The maximum absolute atomic E-state index is 7.03. The van der Waals surface area contributed by atoms with E-state index in [9.17, 15) is 0 Å². The van der Waals surface area contributed by atoms with Crippen LogP contribution in [0.15, 0.2) is 103 Å². The van der Waals surface area contributed by atoms with Crippen molar-refractivity contribution in [2.24, 2.45) is 0 Å². The SMILES string of the molecule is [B]c1c([B])c([B])c(-c2nc3ccccc3n2-c2ccc(-c3c4c([B])c([B])c([B])c([B])c4c(-c4ccccc4-c4ccccc4)c4c([B])c([B])c([B])c([B])c34)cc2)c([B])c1[B]. The predicted octanol–water partition coefficient (Wildman–Crippen LogP) is -3.68. The molecule has 246 valence electrons. The van der Waals surface area contributed by atoms with E-state index in [1.165, 1.54) is 0 Å². The van der Waals surface area contributed by atoms with Gasteiger partial charge < -0.3 is 0 Å². The zero-order chi connectivity index (χ0) is 42.5. The van der Waals surface area contributed by atoms with Gasteiger partial charge in [0.05, 0.1) is 11.0 Å². The summed E-state index contributed by atoms with van der Waals surface area (Å²) in [4.78, 5) is 4.94. The summed E-state index contributed by atoms with van der Waals surface area (Å²) in [5, 5.41) is 2.01. The van der Waals surface area contributed by atoms with Crippen molar-refractivity contribution in [3.05, 3.63) is 103 Å². The summed E-state index contributed by atoms with van der Waals surface area (Å²) in [5.74, 6) is 0.398. The molecule has 9 aromatic rings. The number of rotatable bonds is 5. The van der Waals surface area contributed by atoms with Crippen molar-refractivity contribution in [1.29, 1.82) is 0 Å². The maximum atomic E-state index is 7.03. The number of aromatic nitrogens is 2. The molecule has 0 aliphatic heterocycles. The van der Waals surface area contributed by atoms with Gasteiger partial charge >= 0.3 is 0 Å². The lowest BCUT2D eigenvalue weighted by atomic mass is 9.59. The molecule has 26 radical (unpaired) electrons. The standard InChI is InChI=1S/C45H17B13N2/c46-32-27-25(19-14-16-20(17-15-19)60-24-13-7-6-12-23(24)59-45(60)31-36(50)42(56)44(58)43(57)37(31)51)28-30(35(49)41(55)39(53)33(28)47)26(29(27)34(48)40(54)38(32)52)22-11-5-4-10-21(22)18-8-2-1-3-9-18/h1-17H. The summed E-state index contributed by atoms with van der Waals surface area (Å²) in [5.41, 5.74) is 8.73. The molecule has 0 aliphatic rings. The van der Waals surface area contributed by atoms with Gasteiger partial charge in [-0.25, -0.2) is 4.98 Å². The van der Waals surface area contributed by atoms with E-state index in [2.05, 4.69) is 0 Å². The minimum absolute atomic E-state index is 0.0967. The number of nitrogens with zero attached hydrogens (tertiary/aromatic N) is 2. The average molecular weight is 726 g/mol. The highest BCUT2D eigenvalue weighted by atomic mass is 15.1. The highest BCUT2D eigenvalue weighted by molar-refractivity contribution is 6.72. The first kappa shape index (κ1) is 40.0. The smallest absolute Gasteiger partial charge is 0.144 e. The maximum Gasteiger partial charge on any atom is 0.144 e. The predicted molar refractivity (Wildman–Crippen MR) is 268 cm³/mol. The zero-order valence-electron chi connectivity index (χ0n) is 32.2. The van der Waals surface area contributed by atoms with Gasteiger partial charge in [-0.3, -0.25) is 4.57 Å². The first-order valence-electron chi connectivity index (χ1n) is 18.8. The van der Waals surface area contributed by atoms with Crippen LogP contribution in [-0.4, -0.2) is 112 Å². The van der Waals surface area contributed by atoms with Gasteiger partial charge in [-0.05, 0) is 79.2 Å².